The van der Waals surface area contributed by atoms with Crippen molar-refractivity contribution in [3.63, 3.8) is 0 Å². The van der Waals surface area contributed by atoms with Gasteiger partial charge in [0.1, 0.15) is 0 Å². The van der Waals surface area contributed by atoms with E-state index in [4.69, 9.17) is 4.42 Å². The summed E-state index contributed by atoms with van der Waals surface area (Å²) in [5, 5.41) is 7.99. The zero-order valence-corrected chi connectivity index (χ0v) is 13.1. The maximum atomic E-state index is 12.2. The number of likely N-dealkylation sites (tertiary alicyclic amines) is 1. The summed E-state index contributed by atoms with van der Waals surface area (Å²) in [7, 11) is 0. The monoisotopic (exact) mass is 299 g/mol. The van der Waals surface area contributed by atoms with Crippen molar-refractivity contribution in [2.75, 3.05) is 6.54 Å². The van der Waals surface area contributed by atoms with Gasteiger partial charge in [0, 0.05) is 24.8 Å². The molecule has 0 N–H and O–H groups in total. The molecule has 1 aliphatic rings. The maximum Gasteiger partial charge on any atom is 0.235 e. The first kappa shape index (κ1) is 14.8. The van der Waals surface area contributed by atoms with Gasteiger partial charge in [-0.15, -0.1) is 10.2 Å². The van der Waals surface area contributed by atoms with Crippen molar-refractivity contribution in [1.29, 1.82) is 0 Å². The van der Waals surface area contributed by atoms with Gasteiger partial charge in [0.2, 0.25) is 17.7 Å². The molecule has 2 aromatic rings. The molecule has 1 fully saturated rings. The molecule has 1 saturated heterocycles. The summed E-state index contributed by atoms with van der Waals surface area (Å²) < 4.78 is 5.54. The van der Waals surface area contributed by atoms with Gasteiger partial charge in [-0.2, -0.15) is 0 Å². The second kappa shape index (κ2) is 5.91. The van der Waals surface area contributed by atoms with E-state index in [1.807, 2.05) is 30.0 Å². The Morgan fingerprint density at radius 2 is 1.95 bits per heavy atom. The summed E-state index contributed by atoms with van der Waals surface area (Å²) >= 11 is 0. The molecular formula is C17H21N3O2. The molecule has 0 unspecified atom stereocenters. The Balaban J connectivity index is 1.77. The molecule has 1 aromatic heterocycles. The van der Waals surface area contributed by atoms with E-state index in [9.17, 15) is 4.79 Å². The highest BCUT2D eigenvalue weighted by Crippen LogP contribution is 2.34. The van der Waals surface area contributed by atoms with Crippen LogP contribution in [-0.4, -0.2) is 27.5 Å². The van der Waals surface area contributed by atoms with E-state index in [0.29, 0.717) is 37.7 Å². The summed E-state index contributed by atoms with van der Waals surface area (Å²) in [5.41, 5.74) is 1.25. The third kappa shape index (κ3) is 2.89. The third-order valence-corrected chi connectivity index (χ3v) is 4.39. The van der Waals surface area contributed by atoms with Crippen molar-refractivity contribution in [3.05, 3.63) is 47.7 Å². The lowest BCUT2D eigenvalue weighted by Crippen LogP contribution is -2.47. The molecule has 1 aromatic carbocycles. The Labute approximate surface area is 130 Å². The molecule has 2 heterocycles. The normalized spacial score (nSPS) is 22.1. The number of aryl methyl sites for hydroxylation is 1. The number of hydrogen-bond acceptors (Lipinski definition) is 4. The molecule has 5 nitrogen and oxygen atoms in total. The fraction of sp³-hybridized carbons (Fsp3) is 0.471. The molecule has 5 heteroatoms. The highest BCUT2D eigenvalue weighted by Gasteiger charge is 2.36. The Hall–Kier alpha value is -2.17. The average molecular weight is 299 g/mol. The highest BCUT2D eigenvalue weighted by atomic mass is 16.4. The van der Waals surface area contributed by atoms with Crippen LogP contribution in [0, 0.1) is 0 Å². The quantitative estimate of drug-likeness (QED) is 0.871. The standard InChI is InChI=1S/C17H21N3O2/c1-3-14-18-19-15(22-14)11-20-12-17(2,10-9-16(20)21)13-7-5-4-6-8-13/h4-8H,3,9-12H2,1-2H3/t17-/m0/s1. The number of piperidine rings is 1. The largest absolute Gasteiger partial charge is 0.423 e. The van der Waals surface area contributed by atoms with Crippen LogP contribution in [0.4, 0.5) is 0 Å². The van der Waals surface area contributed by atoms with Crippen LogP contribution >= 0.6 is 0 Å². The number of carbonyl (C=O) groups is 1. The molecule has 0 radical (unpaired) electrons. The first-order chi connectivity index (χ1) is 10.6. The van der Waals surface area contributed by atoms with E-state index < -0.39 is 0 Å². The van der Waals surface area contributed by atoms with Gasteiger partial charge in [-0.05, 0) is 12.0 Å². The van der Waals surface area contributed by atoms with Crippen LogP contribution in [0.1, 0.15) is 44.0 Å². The minimum absolute atomic E-state index is 0.0250. The van der Waals surface area contributed by atoms with Crippen LogP contribution < -0.4 is 0 Å². The molecule has 1 atom stereocenters. The predicted molar refractivity (Wildman–Crippen MR) is 82.1 cm³/mol. The number of aromatic nitrogens is 2. The summed E-state index contributed by atoms with van der Waals surface area (Å²) in [6, 6.07) is 10.4. The van der Waals surface area contributed by atoms with Gasteiger partial charge in [-0.1, -0.05) is 44.2 Å². The Morgan fingerprint density at radius 1 is 1.23 bits per heavy atom. The summed E-state index contributed by atoms with van der Waals surface area (Å²) in [5.74, 6) is 1.29. The molecule has 3 rings (SSSR count). The van der Waals surface area contributed by atoms with E-state index >= 15 is 0 Å². The van der Waals surface area contributed by atoms with Crippen LogP contribution in [0.5, 0.6) is 0 Å². The van der Waals surface area contributed by atoms with Crippen molar-refractivity contribution in [3.8, 4) is 0 Å². The van der Waals surface area contributed by atoms with Gasteiger partial charge in [-0.3, -0.25) is 4.79 Å². The van der Waals surface area contributed by atoms with Crippen molar-refractivity contribution >= 4 is 5.91 Å². The van der Waals surface area contributed by atoms with Crippen LogP contribution in [0.15, 0.2) is 34.7 Å². The van der Waals surface area contributed by atoms with Crippen molar-refractivity contribution in [1.82, 2.24) is 15.1 Å². The molecule has 116 valence electrons. The van der Waals surface area contributed by atoms with Gasteiger partial charge in [0.25, 0.3) is 0 Å². The number of rotatable bonds is 4. The molecule has 1 amide bonds. The Bertz CT molecular complexity index is 653. The Morgan fingerprint density at radius 3 is 2.64 bits per heavy atom. The van der Waals surface area contributed by atoms with Gasteiger partial charge in [0.05, 0.1) is 6.54 Å². The van der Waals surface area contributed by atoms with Gasteiger partial charge in [0.15, 0.2) is 0 Å². The second-order valence-electron chi connectivity index (χ2n) is 6.12. The van der Waals surface area contributed by atoms with Crippen molar-refractivity contribution in [2.45, 2.75) is 45.1 Å². The second-order valence-corrected chi connectivity index (χ2v) is 6.12. The smallest absolute Gasteiger partial charge is 0.235 e. The van der Waals surface area contributed by atoms with Crippen LogP contribution in [0.25, 0.3) is 0 Å². The van der Waals surface area contributed by atoms with E-state index in [1.54, 1.807) is 0 Å². The third-order valence-electron chi connectivity index (χ3n) is 4.39. The minimum Gasteiger partial charge on any atom is -0.423 e. The molecule has 22 heavy (non-hydrogen) atoms. The van der Waals surface area contributed by atoms with Crippen LogP contribution in [-0.2, 0) is 23.2 Å². The minimum atomic E-state index is -0.0250. The number of nitrogens with zero attached hydrogens (tertiary/aromatic N) is 3. The maximum absolute atomic E-state index is 12.2. The average Bonchev–Trinajstić information content (AvgIpc) is 3.00. The molecule has 1 aliphatic heterocycles. The van der Waals surface area contributed by atoms with Crippen molar-refractivity contribution in [2.24, 2.45) is 0 Å². The summed E-state index contributed by atoms with van der Waals surface area (Å²) in [4.78, 5) is 14.1. The first-order valence-corrected chi connectivity index (χ1v) is 7.75. The molecule has 0 bridgehead atoms. The lowest BCUT2D eigenvalue weighted by atomic mass is 9.76. The zero-order valence-electron chi connectivity index (χ0n) is 13.1. The topological polar surface area (TPSA) is 59.2 Å². The van der Waals surface area contributed by atoms with Gasteiger partial charge in [-0.25, -0.2) is 0 Å². The molecular weight excluding hydrogens is 278 g/mol. The molecule has 0 saturated carbocycles. The molecule has 0 spiro atoms. The summed E-state index contributed by atoms with van der Waals surface area (Å²) in [6.45, 7) is 5.26. The number of hydrogen-bond donors (Lipinski definition) is 0. The van der Waals surface area contributed by atoms with Crippen molar-refractivity contribution < 1.29 is 9.21 Å². The number of amides is 1. The van der Waals surface area contributed by atoms with E-state index in [-0.39, 0.29) is 11.3 Å². The summed E-state index contributed by atoms with van der Waals surface area (Å²) in [6.07, 6.45) is 2.14. The van der Waals surface area contributed by atoms with Gasteiger partial charge >= 0.3 is 0 Å². The van der Waals surface area contributed by atoms with E-state index in [0.717, 1.165) is 6.42 Å². The van der Waals surface area contributed by atoms with E-state index in [1.165, 1.54) is 5.56 Å². The van der Waals surface area contributed by atoms with Crippen LogP contribution in [0.3, 0.4) is 0 Å². The lowest BCUT2D eigenvalue weighted by molar-refractivity contribution is -0.136. The molecule has 0 aliphatic carbocycles. The highest BCUT2D eigenvalue weighted by molar-refractivity contribution is 5.77. The van der Waals surface area contributed by atoms with E-state index in [2.05, 4.69) is 29.3 Å². The SMILES string of the molecule is CCc1nnc(CN2C[C@@](C)(c3ccccc3)CCC2=O)o1. The van der Waals surface area contributed by atoms with Gasteiger partial charge < -0.3 is 9.32 Å². The zero-order chi connectivity index (χ0) is 15.6. The number of benzene rings is 1. The predicted octanol–water partition coefficient (Wildman–Crippen LogP) is 2.71. The van der Waals surface area contributed by atoms with Crippen LogP contribution in [0.2, 0.25) is 0 Å². The fourth-order valence-electron chi connectivity index (χ4n) is 3.01. The fourth-order valence-corrected chi connectivity index (χ4v) is 3.01. The Kier molecular flexibility index (Phi) is 3.96. The number of carbonyl (C=O) groups excluding carboxylic acids is 1. The first-order valence-electron chi connectivity index (χ1n) is 7.75. The lowest BCUT2D eigenvalue weighted by Gasteiger charge is -2.40.